The summed E-state index contributed by atoms with van der Waals surface area (Å²) in [6.45, 7) is 0.666. The maximum Gasteiger partial charge on any atom is 0.225 e. The maximum atomic E-state index is 12.7. The van der Waals surface area contributed by atoms with Crippen molar-refractivity contribution in [2.75, 3.05) is 7.05 Å². The lowest BCUT2D eigenvalue weighted by Gasteiger charge is -2.44. The summed E-state index contributed by atoms with van der Waals surface area (Å²) in [6, 6.07) is 4.26. The van der Waals surface area contributed by atoms with Crippen molar-refractivity contribution < 1.29 is 4.79 Å². The molecule has 2 aliphatic rings. The topological polar surface area (TPSA) is 59.2 Å². The number of pyridine rings is 1. The van der Waals surface area contributed by atoms with Crippen LogP contribution in [0, 0.1) is 17.8 Å². The van der Waals surface area contributed by atoms with Gasteiger partial charge in [-0.05, 0) is 55.2 Å². The molecule has 2 saturated carbocycles. The fourth-order valence-electron chi connectivity index (χ4n) is 4.14. The Morgan fingerprint density at radius 1 is 1.29 bits per heavy atom. The molecule has 0 aliphatic heterocycles. The zero-order valence-electron chi connectivity index (χ0n) is 12.7. The fourth-order valence-corrected chi connectivity index (χ4v) is 4.14. The number of rotatable bonds is 3. The van der Waals surface area contributed by atoms with Gasteiger partial charge in [-0.25, -0.2) is 0 Å². The van der Waals surface area contributed by atoms with Gasteiger partial charge in [0.2, 0.25) is 5.91 Å². The van der Waals surface area contributed by atoms with E-state index in [1.807, 2.05) is 24.1 Å². The van der Waals surface area contributed by atoms with Gasteiger partial charge in [0, 0.05) is 37.9 Å². The molecular formula is C17H25N3O. The van der Waals surface area contributed by atoms with Gasteiger partial charge in [0.05, 0.1) is 0 Å². The second-order valence-electron chi connectivity index (χ2n) is 6.75. The third-order valence-electron chi connectivity index (χ3n) is 5.31. The Kier molecular flexibility index (Phi) is 4.24. The van der Waals surface area contributed by atoms with Gasteiger partial charge >= 0.3 is 0 Å². The highest BCUT2D eigenvalue weighted by molar-refractivity contribution is 5.78. The van der Waals surface area contributed by atoms with Gasteiger partial charge in [-0.1, -0.05) is 6.42 Å². The second-order valence-corrected chi connectivity index (χ2v) is 6.75. The van der Waals surface area contributed by atoms with Gasteiger partial charge in [-0.3, -0.25) is 9.78 Å². The number of nitrogens with two attached hydrogens (primary N) is 1. The third kappa shape index (κ3) is 3.10. The second kappa shape index (κ2) is 6.14. The first-order valence-electron chi connectivity index (χ1n) is 8.04. The molecular weight excluding hydrogens is 262 g/mol. The average molecular weight is 287 g/mol. The summed E-state index contributed by atoms with van der Waals surface area (Å²) < 4.78 is 0. The average Bonchev–Trinajstić information content (AvgIpc) is 2.47. The summed E-state index contributed by atoms with van der Waals surface area (Å²) in [6.07, 6.45) is 9.21. The minimum atomic E-state index is 0.173. The van der Waals surface area contributed by atoms with Crippen LogP contribution in [0.3, 0.4) is 0 Å². The molecule has 0 saturated heterocycles. The van der Waals surface area contributed by atoms with E-state index in [0.717, 1.165) is 18.4 Å². The summed E-state index contributed by atoms with van der Waals surface area (Å²) in [5, 5.41) is 0. The highest BCUT2D eigenvalue weighted by Crippen LogP contribution is 2.42. The van der Waals surface area contributed by atoms with Crippen LogP contribution >= 0.6 is 0 Å². The molecule has 1 amide bonds. The van der Waals surface area contributed by atoms with E-state index in [4.69, 9.17) is 5.73 Å². The number of nitrogens with zero attached hydrogens (tertiary/aromatic N) is 2. The Bertz CT molecular complexity index is 476. The smallest absolute Gasteiger partial charge is 0.225 e. The Balaban J connectivity index is 1.62. The third-order valence-corrected chi connectivity index (χ3v) is 5.31. The molecule has 2 bridgehead atoms. The van der Waals surface area contributed by atoms with Crippen LogP contribution in [0.2, 0.25) is 0 Å². The van der Waals surface area contributed by atoms with Crippen LogP contribution in [0.1, 0.15) is 37.7 Å². The minimum Gasteiger partial charge on any atom is -0.341 e. The van der Waals surface area contributed by atoms with Crippen molar-refractivity contribution in [2.24, 2.45) is 23.5 Å². The van der Waals surface area contributed by atoms with E-state index >= 15 is 0 Å². The number of carbonyl (C=O) groups is 1. The van der Waals surface area contributed by atoms with Crippen LogP contribution in [0.5, 0.6) is 0 Å². The van der Waals surface area contributed by atoms with E-state index in [-0.39, 0.29) is 11.8 Å². The van der Waals surface area contributed by atoms with E-state index in [1.165, 1.54) is 19.3 Å². The molecule has 0 radical (unpaired) electrons. The lowest BCUT2D eigenvalue weighted by atomic mass is 9.65. The summed E-state index contributed by atoms with van der Waals surface area (Å²) in [5.74, 6) is 1.57. The molecule has 114 valence electrons. The first-order valence-corrected chi connectivity index (χ1v) is 8.04. The van der Waals surface area contributed by atoms with Crippen LogP contribution in [-0.2, 0) is 11.3 Å². The van der Waals surface area contributed by atoms with E-state index in [9.17, 15) is 4.79 Å². The van der Waals surface area contributed by atoms with Crippen molar-refractivity contribution in [1.29, 1.82) is 0 Å². The molecule has 4 heteroatoms. The number of hydrogen-bond acceptors (Lipinski definition) is 3. The van der Waals surface area contributed by atoms with Gasteiger partial charge in [0.15, 0.2) is 0 Å². The highest BCUT2D eigenvalue weighted by Gasteiger charge is 2.41. The van der Waals surface area contributed by atoms with Gasteiger partial charge in [0.25, 0.3) is 0 Å². The zero-order valence-corrected chi connectivity index (χ0v) is 12.7. The molecule has 3 rings (SSSR count). The lowest BCUT2D eigenvalue weighted by Crippen LogP contribution is -2.49. The Hall–Kier alpha value is -1.42. The van der Waals surface area contributed by atoms with Crippen LogP contribution in [0.4, 0.5) is 0 Å². The van der Waals surface area contributed by atoms with E-state index in [1.54, 1.807) is 12.4 Å². The molecule has 2 aliphatic carbocycles. The monoisotopic (exact) mass is 287 g/mol. The molecule has 2 N–H and O–H groups in total. The predicted molar refractivity (Wildman–Crippen MR) is 82.2 cm³/mol. The first-order chi connectivity index (χ1) is 10.1. The van der Waals surface area contributed by atoms with Crippen molar-refractivity contribution in [1.82, 2.24) is 9.88 Å². The van der Waals surface area contributed by atoms with E-state index < -0.39 is 0 Å². The van der Waals surface area contributed by atoms with Crippen molar-refractivity contribution in [3.63, 3.8) is 0 Å². The molecule has 1 aromatic rings. The summed E-state index contributed by atoms with van der Waals surface area (Å²) in [4.78, 5) is 18.6. The molecule has 2 unspecified atom stereocenters. The van der Waals surface area contributed by atoms with E-state index in [0.29, 0.717) is 24.4 Å². The Morgan fingerprint density at radius 3 is 2.52 bits per heavy atom. The lowest BCUT2D eigenvalue weighted by molar-refractivity contribution is -0.137. The number of fused-ring (bicyclic) bond motifs is 2. The normalized spacial score (nSPS) is 31.7. The number of amides is 1. The number of hydrogen-bond donors (Lipinski definition) is 1. The molecule has 1 aromatic heterocycles. The quantitative estimate of drug-likeness (QED) is 0.927. The molecule has 0 aromatic carbocycles. The van der Waals surface area contributed by atoms with E-state index in [2.05, 4.69) is 4.98 Å². The van der Waals surface area contributed by atoms with Gasteiger partial charge in [-0.2, -0.15) is 0 Å². The number of carbonyl (C=O) groups excluding carboxylic acids is 1. The standard InChI is InChI=1S/C17H25N3O/c1-20(11-12-5-7-19-8-6-12)17(21)15-9-13-3-2-4-14(10-15)16(13)18/h5-8,13-16H,2-4,9-11,18H2,1H3. The van der Waals surface area contributed by atoms with Gasteiger partial charge in [0.1, 0.15) is 0 Å². The highest BCUT2D eigenvalue weighted by atomic mass is 16.2. The fraction of sp³-hybridized carbons (Fsp3) is 0.647. The van der Waals surface area contributed by atoms with Crippen LogP contribution in [0.15, 0.2) is 24.5 Å². The molecule has 4 nitrogen and oxygen atoms in total. The van der Waals surface area contributed by atoms with Gasteiger partial charge < -0.3 is 10.6 Å². The predicted octanol–water partition coefficient (Wildman–Crippen LogP) is 2.19. The Morgan fingerprint density at radius 2 is 1.90 bits per heavy atom. The molecule has 0 spiro atoms. The van der Waals surface area contributed by atoms with Crippen molar-refractivity contribution in [3.05, 3.63) is 30.1 Å². The maximum absolute atomic E-state index is 12.7. The van der Waals surface area contributed by atoms with Crippen LogP contribution in [-0.4, -0.2) is 28.9 Å². The largest absolute Gasteiger partial charge is 0.341 e. The summed E-state index contributed by atoms with van der Waals surface area (Å²) in [7, 11) is 1.91. The molecule has 2 atom stereocenters. The SMILES string of the molecule is CN(Cc1ccncc1)C(=O)C1CC2CCCC(C1)C2N. The molecule has 21 heavy (non-hydrogen) atoms. The van der Waals surface area contributed by atoms with Crippen LogP contribution in [0.25, 0.3) is 0 Å². The van der Waals surface area contributed by atoms with Crippen LogP contribution < -0.4 is 5.73 Å². The first kappa shape index (κ1) is 14.5. The van der Waals surface area contributed by atoms with Crippen molar-refractivity contribution >= 4 is 5.91 Å². The minimum absolute atomic E-state index is 0.173. The van der Waals surface area contributed by atoms with Crippen molar-refractivity contribution in [2.45, 2.75) is 44.7 Å². The molecule has 2 fully saturated rings. The zero-order chi connectivity index (χ0) is 14.8. The van der Waals surface area contributed by atoms with Crippen molar-refractivity contribution in [3.8, 4) is 0 Å². The summed E-state index contributed by atoms with van der Waals surface area (Å²) >= 11 is 0. The molecule has 1 heterocycles. The Labute approximate surface area is 126 Å². The van der Waals surface area contributed by atoms with Gasteiger partial charge in [-0.15, -0.1) is 0 Å². The summed E-state index contributed by atoms with van der Waals surface area (Å²) in [5.41, 5.74) is 7.45. The number of aromatic nitrogens is 1.